The van der Waals surface area contributed by atoms with E-state index in [1.54, 1.807) is 0 Å². The van der Waals surface area contributed by atoms with Crippen molar-refractivity contribution >= 4 is 11.9 Å². The molecule has 0 aromatic heterocycles. The van der Waals surface area contributed by atoms with E-state index >= 15 is 0 Å². The molecule has 0 radical (unpaired) electrons. The van der Waals surface area contributed by atoms with Crippen molar-refractivity contribution in [2.24, 2.45) is 11.5 Å². The van der Waals surface area contributed by atoms with Crippen molar-refractivity contribution < 1.29 is 39.3 Å². The summed E-state index contributed by atoms with van der Waals surface area (Å²) in [6.45, 7) is 1.29. The van der Waals surface area contributed by atoms with E-state index in [0.717, 1.165) is 25.7 Å². The molecule has 0 spiro atoms. The van der Waals surface area contributed by atoms with Crippen molar-refractivity contribution in [1.82, 2.24) is 0 Å². The molecule has 7 heteroatoms. The SMILES string of the molecule is NCCCCCC(=O)[O-].NCCCCCC(=O)[O-].[Zn+2]. The predicted octanol–water partition coefficient (Wildman–Crippen LogP) is -1.49. The first-order chi connectivity index (χ1) is 8.54. The number of carboxylic acid groups (broad SMARTS) is 2. The second-order valence-electron chi connectivity index (χ2n) is 3.94. The fourth-order valence-electron chi connectivity index (χ4n) is 1.18. The van der Waals surface area contributed by atoms with Gasteiger partial charge in [-0.15, -0.1) is 0 Å². The zero-order chi connectivity index (χ0) is 14.2. The first-order valence-corrected chi connectivity index (χ1v) is 6.34. The molecular weight excluding hydrogens is 302 g/mol. The largest absolute Gasteiger partial charge is 2.00 e. The third-order valence-corrected chi connectivity index (χ3v) is 2.17. The summed E-state index contributed by atoms with van der Waals surface area (Å²) in [6, 6.07) is 0. The Labute approximate surface area is 127 Å². The standard InChI is InChI=1S/2C6H13NO2.Zn/c2*7-5-3-1-2-4-6(8)9;/h2*1-5,7H2,(H,8,9);/q;;+2/p-2. The Balaban J connectivity index is -0.000000256. The molecule has 0 bridgehead atoms. The van der Waals surface area contributed by atoms with Gasteiger partial charge in [0.2, 0.25) is 0 Å². The Morgan fingerprint density at radius 3 is 1.21 bits per heavy atom. The molecule has 0 unspecified atom stereocenters. The normalized spacial score (nSPS) is 8.95. The van der Waals surface area contributed by atoms with E-state index in [-0.39, 0.29) is 32.3 Å². The molecule has 0 aliphatic heterocycles. The van der Waals surface area contributed by atoms with E-state index in [1.807, 2.05) is 0 Å². The van der Waals surface area contributed by atoms with Gasteiger partial charge in [0.15, 0.2) is 0 Å². The fraction of sp³-hybridized carbons (Fsp3) is 0.833. The maximum absolute atomic E-state index is 9.82. The zero-order valence-corrected chi connectivity index (χ0v) is 14.5. The molecule has 0 saturated heterocycles. The van der Waals surface area contributed by atoms with Crippen molar-refractivity contribution in [3.05, 3.63) is 0 Å². The summed E-state index contributed by atoms with van der Waals surface area (Å²) in [5.41, 5.74) is 10.4. The summed E-state index contributed by atoms with van der Waals surface area (Å²) >= 11 is 0. The number of carbonyl (C=O) groups excluding carboxylic acids is 2. The Bertz CT molecular complexity index is 194. The van der Waals surface area contributed by atoms with Crippen LogP contribution in [-0.4, -0.2) is 25.0 Å². The van der Waals surface area contributed by atoms with Crippen LogP contribution in [-0.2, 0) is 29.1 Å². The molecule has 0 amide bonds. The Hall–Kier alpha value is -0.517. The van der Waals surface area contributed by atoms with E-state index in [2.05, 4.69) is 0 Å². The number of hydrogen-bond acceptors (Lipinski definition) is 6. The van der Waals surface area contributed by atoms with Gasteiger partial charge < -0.3 is 31.3 Å². The van der Waals surface area contributed by atoms with Crippen molar-refractivity contribution in [1.29, 1.82) is 0 Å². The first-order valence-electron chi connectivity index (χ1n) is 6.34. The van der Waals surface area contributed by atoms with Crippen LogP contribution in [0.15, 0.2) is 0 Å². The number of rotatable bonds is 10. The van der Waals surface area contributed by atoms with E-state index < -0.39 is 11.9 Å². The Morgan fingerprint density at radius 1 is 0.684 bits per heavy atom. The van der Waals surface area contributed by atoms with Gasteiger partial charge >= 0.3 is 19.5 Å². The zero-order valence-electron chi connectivity index (χ0n) is 11.6. The smallest absolute Gasteiger partial charge is 0.550 e. The van der Waals surface area contributed by atoms with Gasteiger partial charge in [-0.05, 0) is 51.6 Å². The van der Waals surface area contributed by atoms with Crippen LogP contribution in [0.3, 0.4) is 0 Å². The molecule has 0 aliphatic rings. The summed E-state index contributed by atoms with van der Waals surface area (Å²) in [6.07, 6.45) is 5.33. The first kappa shape index (κ1) is 23.6. The van der Waals surface area contributed by atoms with Gasteiger partial charge in [-0.25, -0.2) is 0 Å². The molecule has 0 aliphatic carbocycles. The molecule has 19 heavy (non-hydrogen) atoms. The van der Waals surface area contributed by atoms with Gasteiger partial charge in [0.25, 0.3) is 0 Å². The van der Waals surface area contributed by atoms with Crippen LogP contribution in [0.25, 0.3) is 0 Å². The summed E-state index contributed by atoms with van der Waals surface area (Å²) in [5, 5.41) is 19.6. The van der Waals surface area contributed by atoms with Crippen LogP contribution < -0.4 is 21.7 Å². The molecule has 108 valence electrons. The number of carbonyl (C=O) groups is 2. The van der Waals surface area contributed by atoms with Crippen LogP contribution >= 0.6 is 0 Å². The molecular formula is C12H24N2O4Zn. The molecule has 0 rings (SSSR count). The fourth-order valence-corrected chi connectivity index (χ4v) is 1.18. The summed E-state index contributed by atoms with van der Waals surface area (Å²) in [4.78, 5) is 19.6. The second kappa shape index (κ2) is 19.8. The van der Waals surface area contributed by atoms with Crippen LogP contribution in [0.1, 0.15) is 51.4 Å². The third kappa shape index (κ3) is 31.8. The molecule has 0 fully saturated rings. The third-order valence-electron chi connectivity index (χ3n) is 2.17. The predicted molar refractivity (Wildman–Crippen MR) is 65.1 cm³/mol. The van der Waals surface area contributed by atoms with Gasteiger partial charge in [-0.2, -0.15) is 0 Å². The van der Waals surface area contributed by atoms with Crippen molar-refractivity contribution in [3.63, 3.8) is 0 Å². The molecule has 0 aromatic rings. The molecule has 0 atom stereocenters. The van der Waals surface area contributed by atoms with Crippen LogP contribution in [0.5, 0.6) is 0 Å². The Kier molecular flexibility index (Phi) is 24.6. The van der Waals surface area contributed by atoms with Gasteiger partial charge in [-0.3, -0.25) is 0 Å². The van der Waals surface area contributed by atoms with Gasteiger partial charge in [0.1, 0.15) is 0 Å². The van der Waals surface area contributed by atoms with Crippen molar-refractivity contribution in [3.8, 4) is 0 Å². The van der Waals surface area contributed by atoms with Gasteiger partial charge in [0.05, 0.1) is 0 Å². The molecule has 0 heterocycles. The molecule has 0 saturated carbocycles. The summed E-state index contributed by atoms with van der Waals surface area (Å²) < 4.78 is 0. The molecule has 0 aromatic carbocycles. The monoisotopic (exact) mass is 324 g/mol. The average molecular weight is 326 g/mol. The number of hydrogen-bond donors (Lipinski definition) is 2. The molecule has 6 nitrogen and oxygen atoms in total. The topological polar surface area (TPSA) is 132 Å². The average Bonchev–Trinajstić information content (AvgIpc) is 2.31. The van der Waals surface area contributed by atoms with E-state index in [4.69, 9.17) is 11.5 Å². The minimum absolute atomic E-state index is 0. The van der Waals surface area contributed by atoms with Crippen LogP contribution in [0.4, 0.5) is 0 Å². The minimum atomic E-state index is -0.966. The summed E-state index contributed by atoms with van der Waals surface area (Å²) in [7, 11) is 0. The number of carboxylic acids is 2. The van der Waals surface area contributed by atoms with Gasteiger partial charge in [0, 0.05) is 11.9 Å². The minimum Gasteiger partial charge on any atom is -0.550 e. The number of nitrogens with two attached hydrogens (primary N) is 2. The maximum atomic E-state index is 9.82. The van der Waals surface area contributed by atoms with E-state index in [1.165, 1.54) is 0 Å². The number of aliphatic carboxylic acids is 2. The molecule has 4 N–H and O–H groups in total. The van der Waals surface area contributed by atoms with Crippen molar-refractivity contribution in [2.45, 2.75) is 51.4 Å². The maximum Gasteiger partial charge on any atom is 2.00 e. The van der Waals surface area contributed by atoms with Crippen LogP contribution in [0.2, 0.25) is 0 Å². The van der Waals surface area contributed by atoms with E-state index in [9.17, 15) is 19.8 Å². The number of unbranched alkanes of at least 4 members (excludes halogenated alkanes) is 4. The Morgan fingerprint density at radius 2 is 1.00 bits per heavy atom. The van der Waals surface area contributed by atoms with Crippen LogP contribution in [0, 0.1) is 0 Å². The van der Waals surface area contributed by atoms with Gasteiger partial charge in [-0.1, -0.05) is 12.8 Å². The van der Waals surface area contributed by atoms with Crippen molar-refractivity contribution in [2.75, 3.05) is 13.1 Å². The second-order valence-corrected chi connectivity index (χ2v) is 3.94. The quantitative estimate of drug-likeness (QED) is 0.371. The van der Waals surface area contributed by atoms with E-state index in [0.29, 0.717) is 25.9 Å². The summed E-state index contributed by atoms with van der Waals surface area (Å²) in [5.74, 6) is -1.93.